The number of aromatic hydroxyl groups is 1. The molecule has 0 fully saturated rings. The Balaban J connectivity index is 2.07. The minimum Gasteiger partial charge on any atom is -0.492 e. The lowest BCUT2D eigenvalue weighted by Gasteiger charge is -2.20. The molecule has 3 rings (SSSR count). The molecule has 106 valence electrons. The van der Waals surface area contributed by atoms with Crippen molar-refractivity contribution in [3.63, 3.8) is 0 Å². The largest absolute Gasteiger partial charge is 0.492 e. The second-order valence-corrected chi connectivity index (χ2v) is 6.45. The Labute approximate surface area is 132 Å². The highest BCUT2D eigenvalue weighted by atomic mass is 35.5. The Morgan fingerprint density at radius 3 is 2.71 bits per heavy atom. The molecule has 0 unspecified atom stereocenters. The molecular formula is C16H13ClN2OS. The molecule has 1 aromatic heterocycles. The van der Waals surface area contributed by atoms with E-state index in [1.54, 1.807) is 0 Å². The number of nitrogens with zero attached hydrogens (tertiary/aromatic N) is 2. The lowest BCUT2D eigenvalue weighted by atomic mass is 9.90. The van der Waals surface area contributed by atoms with Gasteiger partial charge < -0.3 is 5.11 Å². The highest BCUT2D eigenvalue weighted by Gasteiger charge is 2.22. The van der Waals surface area contributed by atoms with Gasteiger partial charge in [-0.15, -0.1) is 0 Å². The Kier molecular flexibility index (Phi) is 4.05. The van der Waals surface area contributed by atoms with Gasteiger partial charge >= 0.3 is 0 Å². The monoisotopic (exact) mass is 316 g/mol. The van der Waals surface area contributed by atoms with E-state index in [1.165, 1.54) is 11.8 Å². The number of fused-ring (bicyclic) bond motifs is 1. The molecule has 0 bridgehead atoms. The first-order valence-corrected chi connectivity index (χ1v) is 7.96. The van der Waals surface area contributed by atoms with E-state index in [2.05, 4.69) is 11.1 Å². The van der Waals surface area contributed by atoms with Crippen molar-refractivity contribution in [2.45, 2.75) is 35.6 Å². The zero-order chi connectivity index (χ0) is 14.8. The van der Waals surface area contributed by atoms with Crippen molar-refractivity contribution in [2.24, 2.45) is 0 Å². The number of rotatable bonds is 2. The summed E-state index contributed by atoms with van der Waals surface area (Å²) in [6.07, 6.45) is 3.87. The summed E-state index contributed by atoms with van der Waals surface area (Å²) in [4.78, 5) is 5.21. The fraction of sp³-hybridized carbons (Fsp3) is 0.250. The molecule has 3 nitrogen and oxygen atoms in total. The number of hydrogen-bond acceptors (Lipinski definition) is 4. The summed E-state index contributed by atoms with van der Waals surface area (Å²) in [6.45, 7) is 0. The summed E-state index contributed by atoms with van der Waals surface area (Å²) in [6, 6.07) is 9.63. The normalized spacial score (nSPS) is 13.5. The predicted molar refractivity (Wildman–Crippen MR) is 82.8 cm³/mol. The number of hydrogen-bond donors (Lipinski definition) is 1. The van der Waals surface area contributed by atoms with Gasteiger partial charge in [0.05, 0.1) is 0 Å². The van der Waals surface area contributed by atoms with Gasteiger partial charge in [-0.05, 0) is 55.0 Å². The van der Waals surface area contributed by atoms with Gasteiger partial charge in [-0.25, -0.2) is 4.98 Å². The average Bonchev–Trinajstić information content (AvgIpc) is 2.47. The maximum atomic E-state index is 10.0. The van der Waals surface area contributed by atoms with E-state index in [0.29, 0.717) is 10.6 Å². The van der Waals surface area contributed by atoms with Crippen LogP contribution in [0.1, 0.15) is 29.5 Å². The van der Waals surface area contributed by atoms with Crippen molar-refractivity contribution in [3.8, 4) is 11.9 Å². The Morgan fingerprint density at radius 1 is 1.24 bits per heavy atom. The third-order valence-electron chi connectivity index (χ3n) is 3.58. The maximum Gasteiger partial charge on any atom is 0.230 e. The number of nitriles is 1. The second kappa shape index (κ2) is 5.97. The van der Waals surface area contributed by atoms with Crippen molar-refractivity contribution in [2.75, 3.05) is 0 Å². The van der Waals surface area contributed by atoms with E-state index in [-0.39, 0.29) is 5.88 Å². The van der Waals surface area contributed by atoms with E-state index in [0.717, 1.165) is 46.7 Å². The SMILES string of the molecule is N#Cc1c(O)nc(Sc2cccc(Cl)c2)c2c1CCCC2. The van der Waals surface area contributed by atoms with Crippen LogP contribution in [0.2, 0.25) is 5.02 Å². The molecule has 0 saturated carbocycles. The third-order valence-corrected chi connectivity index (χ3v) is 4.84. The predicted octanol–water partition coefficient (Wildman–Crippen LogP) is 4.34. The standard InChI is InChI=1S/C16H13ClN2OS/c17-10-4-3-5-11(8-10)21-16-13-7-2-1-6-12(13)14(9-18)15(20)19-16/h3-5,8H,1-2,6-7H2,(H,19,20). The highest BCUT2D eigenvalue weighted by molar-refractivity contribution is 7.99. The van der Waals surface area contributed by atoms with Crippen LogP contribution in [0.4, 0.5) is 0 Å². The summed E-state index contributed by atoms with van der Waals surface area (Å²) >= 11 is 7.49. The molecule has 0 saturated heterocycles. The topological polar surface area (TPSA) is 56.9 Å². The molecule has 5 heteroatoms. The molecule has 1 N–H and O–H groups in total. The molecule has 2 aromatic rings. The molecule has 1 aromatic carbocycles. The summed E-state index contributed by atoms with van der Waals surface area (Å²) < 4.78 is 0. The van der Waals surface area contributed by atoms with Crippen LogP contribution in [-0.4, -0.2) is 10.1 Å². The number of aromatic nitrogens is 1. The average molecular weight is 317 g/mol. The van der Waals surface area contributed by atoms with E-state index >= 15 is 0 Å². The number of pyridine rings is 1. The molecule has 0 aliphatic heterocycles. The zero-order valence-electron chi connectivity index (χ0n) is 11.3. The van der Waals surface area contributed by atoms with Gasteiger partial charge in [0.25, 0.3) is 0 Å². The molecule has 0 amide bonds. The third kappa shape index (κ3) is 2.85. The van der Waals surface area contributed by atoms with Gasteiger partial charge in [0, 0.05) is 9.92 Å². The molecule has 1 heterocycles. The Morgan fingerprint density at radius 2 is 2.00 bits per heavy atom. The minimum atomic E-state index is -0.164. The first-order valence-electron chi connectivity index (χ1n) is 6.77. The molecule has 1 aliphatic rings. The van der Waals surface area contributed by atoms with Crippen LogP contribution in [0, 0.1) is 11.3 Å². The van der Waals surface area contributed by atoms with Crippen LogP contribution < -0.4 is 0 Å². The van der Waals surface area contributed by atoms with Crippen LogP contribution >= 0.6 is 23.4 Å². The molecule has 21 heavy (non-hydrogen) atoms. The summed E-state index contributed by atoms with van der Waals surface area (Å²) in [5, 5.41) is 20.7. The van der Waals surface area contributed by atoms with Crippen molar-refractivity contribution < 1.29 is 5.11 Å². The second-order valence-electron chi connectivity index (χ2n) is 4.95. The molecule has 0 spiro atoms. The van der Waals surface area contributed by atoms with E-state index in [4.69, 9.17) is 11.6 Å². The van der Waals surface area contributed by atoms with Crippen LogP contribution in [0.15, 0.2) is 34.2 Å². The van der Waals surface area contributed by atoms with Crippen LogP contribution in [0.25, 0.3) is 0 Å². The molecular weight excluding hydrogens is 304 g/mol. The van der Waals surface area contributed by atoms with Crippen molar-refractivity contribution >= 4 is 23.4 Å². The maximum absolute atomic E-state index is 10.0. The fourth-order valence-corrected chi connectivity index (χ4v) is 3.91. The first kappa shape index (κ1) is 14.2. The summed E-state index contributed by atoms with van der Waals surface area (Å²) in [7, 11) is 0. The molecule has 0 radical (unpaired) electrons. The first-order chi connectivity index (χ1) is 10.2. The van der Waals surface area contributed by atoms with E-state index in [1.807, 2.05) is 24.3 Å². The van der Waals surface area contributed by atoms with Crippen LogP contribution in [-0.2, 0) is 12.8 Å². The number of benzene rings is 1. The van der Waals surface area contributed by atoms with Gasteiger partial charge in [0.15, 0.2) is 0 Å². The van der Waals surface area contributed by atoms with Gasteiger partial charge in [-0.3, -0.25) is 0 Å². The van der Waals surface area contributed by atoms with Gasteiger partial charge in [-0.2, -0.15) is 5.26 Å². The van der Waals surface area contributed by atoms with Crippen molar-refractivity contribution in [1.82, 2.24) is 4.98 Å². The summed E-state index contributed by atoms with van der Waals surface area (Å²) in [5.74, 6) is -0.164. The fourth-order valence-electron chi connectivity index (χ4n) is 2.62. The molecule has 1 aliphatic carbocycles. The number of halogens is 1. The molecule has 0 atom stereocenters. The van der Waals surface area contributed by atoms with Crippen molar-refractivity contribution in [3.05, 3.63) is 46.0 Å². The van der Waals surface area contributed by atoms with Crippen LogP contribution in [0.5, 0.6) is 5.88 Å². The zero-order valence-corrected chi connectivity index (χ0v) is 12.8. The lowest BCUT2D eigenvalue weighted by Crippen LogP contribution is -2.08. The quantitative estimate of drug-likeness (QED) is 0.895. The summed E-state index contributed by atoms with van der Waals surface area (Å²) in [5.41, 5.74) is 2.39. The van der Waals surface area contributed by atoms with Gasteiger partial charge in [-0.1, -0.05) is 29.4 Å². The van der Waals surface area contributed by atoms with Gasteiger partial charge in [0.2, 0.25) is 5.88 Å². The smallest absolute Gasteiger partial charge is 0.230 e. The van der Waals surface area contributed by atoms with Gasteiger partial charge in [0.1, 0.15) is 16.7 Å². The minimum absolute atomic E-state index is 0.164. The lowest BCUT2D eigenvalue weighted by molar-refractivity contribution is 0.442. The van der Waals surface area contributed by atoms with Crippen LogP contribution in [0.3, 0.4) is 0 Å². The van der Waals surface area contributed by atoms with E-state index < -0.39 is 0 Å². The highest BCUT2D eigenvalue weighted by Crippen LogP contribution is 2.38. The van der Waals surface area contributed by atoms with Crippen molar-refractivity contribution in [1.29, 1.82) is 5.26 Å². The van der Waals surface area contributed by atoms with E-state index in [9.17, 15) is 10.4 Å². The Hall–Kier alpha value is -1.70. The Bertz CT molecular complexity index is 740.